The van der Waals surface area contributed by atoms with Gasteiger partial charge in [0.2, 0.25) is 5.78 Å². The number of hydrogen-bond donors (Lipinski definition) is 1. The minimum absolute atomic E-state index is 0.156. The maximum absolute atomic E-state index is 12.2. The average Bonchev–Trinajstić information content (AvgIpc) is 2.90. The standard InChI is InChI=1S/C15H10N4O6/c20-14-13(9-2-1-3-12(8-9)19(24)25)16-17(15(14)21)10-4-6-11(7-5-10)18(22)23/h1-8,13,16H. The molecular formula is C15H10N4O6. The summed E-state index contributed by atoms with van der Waals surface area (Å²) in [6, 6.07) is 9.39. The number of anilines is 1. The smallest absolute Gasteiger partial charge is 0.286 e. The van der Waals surface area contributed by atoms with Crippen LogP contribution in [0.4, 0.5) is 17.1 Å². The number of carbonyl (C=O) groups is 2. The Morgan fingerprint density at radius 3 is 2.16 bits per heavy atom. The van der Waals surface area contributed by atoms with Crippen molar-refractivity contribution in [3.63, 3.8) is 0 Å². The molecule has 2 aromatic rings. The zero-order chi connectivity index (χ0) is 18.1. The lowest BCUT2D eigenvalue weighted by Crippen LogP contribution is -2.35. The predicted octanol–water partition coefficient (Wildman–Crippen LogP) is 1.66. The largest absolute Gasteiger partial charge is 0.310 e. The van der Waals surface area contributed by atoms with Gasteiger partial charge in [0.15, 0.2) is 0 Å². The first kappa shape index (κ1) is 16.2. The van der Waals surface area contributed by atoms with Crippen molar-refractivity contribution < 1.29 is 19.4 Å². The second kappa shape index (κ2) is 6.09. The fraction of sp³-hybridized carbons (Fsp3) is 0.0667. The minimum atomic E-state index is -1.07. The summed E-state index contributed by atoms with van der Waals surface area (Å²) in [6.45, 7) is 0. The first-order valence-corrected chi connectivity index (χ1v) is 7.02. The van der Waals surface area contributed by atoms with Crippen LogP contribution in [0.3, 0.4) is 0 Å². The number of Topliss-reactive ketones (excluding diaryl/α,β-unsaturated/α-hetero) is 1. The van der Waals surface area contributed by atoms with Crippen molar-refractivity contribution in [1.82, 2.24) is 5.43 Å². The molecule has 0 saturated carbocycles. The number of amides is 1. The van der Waals surface area contributed by atoms with E-state index in [9.17, 15) is 29.8 Å². The van der Waals surface area contributed by atoms with Gasteiger partial charge in [0, 0.05) is 24.3 Å². The SMILES string of the molecule is O=C1C(=O)N(c2ccc([N+](=O)[O-])cc2)NC1c1cccc([N+](=O)[O-])c1. The van der Waals surface area contributed by atoms with Crippen LogP contribution in [0.5, 0.6) is 0 Å². The van der Waals surface area contributed by atoms with E-state index in [-0.39, 0.29) is 22.6 Å². The molecule has 0 aromatic heterocycles. The lowest BCUT2D eigenvalue weighted by atomic mass is 10.0. The van der Waals surface area contributed by atoms with Gasteiger partial charge in [-0.3, -0.25) is 29.8 Å². The van der Waals surface area contributed by atoms with Gasteiger partial charge >= 0.3 is 5.91 Å². The van der Waals surface area contributed by atoms with Crippen LogP contribution in [-0.2, 0) is 9.59 Å². The Labute approximate surface area is 139 Å². The number of benzene rings is 2. The molecule has 1 aliphatic heterocycles. The van der Waals surface area contributed by atoms with Gasteiger partial charge in [-0.1, -0.05) is 12.1 Å². The molecule has 2 aromatic carbocycles. The van der Waals surface area contributed by atoms with Crippen molar-refractivity contribution in [1.29, 1.82) is 0 Å². The molecule has 1 saturated heterocycles. The normalized spacial score (nSPS) is 17.0. The van der Waals surface area contributed by atoms with Gasteiger partial charge < -0.3 is 0 Å². The number of non-ortho nitro benzene ring substituents is 2. The summed E-state index contributed by atoms with van der Waals surface area (Å²) in [7, 11) is 0. The Kier molecular flexibility index (Phi) is 3.95. The molecular weight excluding hydrogens is 332 g/mol. The van der Waals surface area contributed by atoms with Crippen LogP contribution in [0.1, 0.15) is 11.6 Å². The van der Waals surface area contributed by atoms with Crippen LogP contribution in [-0.4, -0.2) is 21.5 Å². The van der Waals surface area contributed by atoms with E-state index in [2.05, 4.69) is 5.43 Å². The zero-order valence-corrected chi connectivity index (χ0v) is 12.5. The van der Waals surface area contributed by atoms with Crippen molar-refractivity contribution in [3.8, 4) is 0 Å². The van der Waals surface area contributed by atoms with E-state index in [4.69, 9.17) is 0 Å². The number of ketones is 1. The molecule has 1 aliphatic rings. The van der Waals surface area contributed by atoms with E-state index >= 15 is 0 Å². The molecule has 1 N–H and O–H groups in total. The predicted molar refractivity (Wildman–Crippen MR) is 84.6 cm³/mol. The first-order valence-electron chi connectivity index (χ1n) is 7.02. The summed E-state index contributed by atoms with van der Waals surface area (Å²) in [5.41, 5.74) is 2.85. The molecule has 0 radical (unpaired) electrons. The maximum atomic E-state index is 12.2. The van der Waals surface area contributed by atoms with Crippen LogP contribution in [0, 0.1) is 20.2 Å². The van der Waals surface area contributed by atoms with Gasteiger partial charge in [0.1, 0.15) is 6.04 Å². The molecule has 1 atom stereocenters. The van der Waals surface area contributed by atoms with Crippen LogP contribution >= 0.6 is 0 Å². The number of rotatable bonds is 4. The molecule has 0 aliphatic carbocycles. The van der Waals surface area contributed by atoms with Crippen LogP contribution in [0.15, 0.2) is 48.5 Å². The second-order valence-electron chi connectivity index (χ2n) is 5.19. The quantitative estimate of drug-likeness (QED) is 0.507. The number of carbonyl (C=O) groups excluding carboxylic acids is 2. The van der Waals surface area contributed by atoms with Crippen LogP contribution in [0.25, 0.3) is 0 Å². The molecule has 1 unspecified atom stereocenters. The number of nitro groups is 2. The van der Waals surface area contributed by atoms with Crippen LogP contribution < -0.4 is 10.4 Å². The topological polar surface area (TPSA) is 136 Å². The number of nitrogens with one attached hydrogen (secondary N) is 1. The summed E-state index contributed by atoms with van der Waals surface area (Å²) < 4.78 is 0. The molecule has 126 valence electrons. The lowest BCUT2D eigenvalue weighted by molar-refractivity contribution is -0.385. The zero-order valence-electron chi connectivity index (χ0n) is 12.5. The number of nitro benzene ring substituents is 2. The molecule has 10 heteroatoms. The highest BCUT2D eigenvalue weighted by Crippen LogP contribution is 2.28. The second-order valence-corrected chi connectivity index (χ2v) is 5.19. The lowest BCUT2D eigenvalue weighted by Gasteiger charge is -2.16. The van der Waals surface area contributed by atoms with E-state index in [1.807, 2.05) is 0 Å². The summed E-state index contributed by atoms with van der Waals surface area (Å²) >= 11 is 0. The molecule has 10 nitrogen and oxygen atoms in total. The Morgan fingerprint density at radius 1 is 0.920 bits per heavy atom. The van der Waals surface area contributed by atoms with Gasteiger partial charge in [0.05, 0.1) is 15.5 Å². The molecule has 0 bridgehead atoms. The molecule has 0 spiro atoms. The highest BCUT2D eigenvalue weighted by Gasteiger charge is 2.40. The maximum Gasteiger partial charge on any atom is 0.310 e. The van der Waals surface area contributed by atoms with Gasteiger partial charge in [-0.05, 0) is 17.7 Å². The Morgan fingerprint density at radius 2 is 1.56 bits per heavy atom. The average molecular weight is 342 g/mol. The Hall–Kier alpha value is -3.66. The Bertz CT molecular complexity index is 895. The van der Waals surface area contributed by atoms with E-state index in [1.54, 1.807) is 0 Å². The highest BCUT2D eigenvalue weighted by molar-refractivity contribution is 6.45. The fourth-order valence-corrected chi connectivity index (χ4v) is 2.44. The summed E-state index contributed by atoms with van der Waals surface area (Å²) in [5, 5.41) is 22.5. The van der Waals surface area contributed by atoms with Gasteiger partial charge in [-0.2, -0.15) is 0 Å². The molecule has 1 heterocycles. The number of hydrogen-bond acceptors (Lipinski definition) is 7. The minimum Gasteiger partial charge on any atom is -0.286 e. The highest BCUT2D eigenvalue weighted by atomic mass is 16.6. The number of nitrogens with zero attached hydrogens (tertiary/aromatic N) is 3. The first-order chi connectivity index (χ1) is 11.9. The van der Waals surface area contributed by atoms with E-state index in [0.717, 1.165) is 5.01 Å². The van der Waals surface area contributed by atoms with Gasteiger partial charge in [0.25, 0.3) is 11.4 Å². The van der Waals surface area contributed by atoms with Crippen molar-refractivity contribution in [3.05, 3.63) is 74.3 Å². The summed E-state index contributed by atoms with van der Waals surface area (Å²) in [4.78, 5) is 44.7. The van der Waals surface area contributed by atoms with Gasteiger partial charge in [-0.15, -0.1) is 0 Å². The molecule has 1 amide bonds. The third kappa shape index (κ3) is 2.93. The molecule has 25 heavy (non-hydrogen) atoms. The van der Waals surface area contributed by atoms with Crippen molar-refractivity contribution in [2.45, 2.75) is 6.04 Å². The van der Waals surface area contributed by atoms with E-state index < -0.39 is 27.6 Å². The number of hydrazine groups is 1. The Balaban J connectivity index is 1.89. The summed E-state index contributed by atoms with van der Waals surface area (Å²) in [6.07, 6.45) is 0. The third-order valence-corrected chi connectivity index (χ3v) is 3.67. The van der Waals surface area contributed by atoms with Crippen molar-refractivity contribution in [2.24, 2.45) is 0 Å². The third-order valence-electron chi connectivity index (χ3n) is 3.67. The monoisotopic (exact) mass is 342 g/mol. The summed E-state index contributed by atoms with van der Waals surface area (Å²) in [5.74, 6) is -1.63. The molecule has 1 fully saturated rings. The van der Waals surface area contributed by atoms with Crippen LogP contribution in [0.2, 0.25) is 0 Å². The van der Waals surface area contributed by atoms with Crippen molar-refractivity contribution in [2.75, 3.05) is 5.01 Å². The van der Waals surface area contributed by atoms with E-state index in [1.165, 1.54) is 48.5 Å². The molecule has 3 rings (SSSR count). The van der Waals surface area contributed by atoms with Crippen molar-refractivity contribution >= 4 is 28.8 Å². The van der Waals surface area contributed by atoms with Gasteiger partial charge in [-0.25, -0.2) is 10.4 Å². The van der Waals surface area contributed by atoms with E-state index in [0.29, 0.717) is 0 Å². The fourth-order valence-electron chi connectivity index (χ4n) is 2.44.